The minimum absolute atomic E-state index is 0.115. The number of carbonyl (C=O) groups excluding carboxylic acids is 1. The molecule has 0 saturated carbocycles. The van der Waals surface area contributed by atoms with Crippen molar-refractivity contribution in [2.24, 2.45) is 0 Å². The van der Waals surface area contributed by atoms with Gasteiger partial charge in [-0.05, 0) is 70.4 Å². The first kappa shape index (κ1) is 18.1. The van der Waals surface area contributed by atoms with Gasteiger partial charge in [-0.15, -0.1) is 0 Å². The molecule has 2 aromatic rings. The lowest BCUT2D eigenvalue weighted by Gasteiger charge is -2.17. The Morgan fingerprint density at radius 3 is 2.62 bits per heavy atom. The van der Waals surface area contributed by atoms with Crippen molar-refractivity contribution in [3.63, 3.8) is 0 Å². The molecule has 1 atom stereocenters. The van der Waals surface area contributed by atoms with E-state index in [-0.39, 0.29) is 11.9 Å². The van der Waals surface area contributed by atoms with Gasteiger partial charge in [-0.1, -0.05) is 18.2 Å². The van der Waals surface area contributed by atoms with Crippen molar-refractivity contribution >= 4 is 5.91 Å². The Labute approximate surface area is 143 Å². The van der Waals surface area contributed by atoms with Crippen LogP contribution in [0.2, 0.25) is 0 Å². The van der Waals surface area contributed by atoms with Crippen molar-refractivity contribution in [2.75, 3.05) is 0 Å². The fraction of sp³-hybridized carbons (Fsp3) is 0.400. The molecule has 0 spiro atoms. The van der Waals surface area contributed by atoms with Crippen LogP contribution >= 0.6 is 0 Å². The first-order chi connectivity index (χ1) is 11.2. The van der Waals surface area contributed by atoms with Crippen LogP contribution in [0.5, 0.6) is 0 Å². The summed E-state index contributed by atoms with van der Waals surface area (Å²) in [5.74, 6) is -0.115. The molecule has 1 amide bonds. The number of aromatic nitrogens is 1. The maximum absolute atomic E-state index is 12.5. The zero-order chi connectivity index (χ0) is 17.7. The number of pyridine rings is 1. The predicted molar refractivity (Wildman–Crippen MR) is 95.9 cm³/mol. The lowest BCUT2D eigenvalue weighted by molar-refractivity contribution is 0.0714. The molecule has 0 saturated heterocycles. The molecule has 1 heterocycles. The van der Waals surface area contributed by atoms with Crippen molar-refractivity contribution in [3.8, 4) is 0 Å². The van der Waals surface area contributed by atoms with Crippen molar-refractivity contribution in [1.82, 2.24) is 10.3 Å². The highest BCUT2D eigenvalue weighted by molar-refractivity contribution is 5.94. The average Bonchev–Trinajstić information content (AvgIpc) is 2.52. The molecule has 24 heavy (non-hydrogen) atoms. The fourth-order valence-electron chi connectivity index (χ4n) is 2.48. The summed E-state index contributed by atoms with van der Waals surface area (Å²) in [4.78, 5) is 16.9. The first-order valence-corrected chi connectivity index (χ1v) is 8.30. The van der Waals surface area contributed by atoms with Crippen LogP contribution in [-0.4, -0.2) is 21.6 Å². The number of rotatable bonds is 6. The van der Waals surface area contributed by atoms with Gasteiger partial charge in [0.05, 0.1) is 17.3 Å². The second kappa shape index (κ2) is 7.58. The Morgan fingerprint density at radius 2 is 1.96 bits per heavy atom. The van der Waals surface area contributed by atoms with Gasteiger partial charge in [0.1, 0.15) is 0 Å². The monoisotopic (exact) mass is 326 g/mol. The minimum Gasteiger partial charge on any atom is -0.390 e. The van der Waals surface area contributed by atoms with Gasteiger partial charge in [-0.2, -0.15) is 0 Å². The fourth-order valence-corrected chi connectivity index (χ4v) is 2.48. The molecule has 1 aromatic carbocycles. The van der Waals surface area contributed by atoms with Gasteiger partial charge in [0, 0.05) is 11.3 Å². The van der Waals surface area contributed by atoms with Crippen molar-refractivity contribution in [1.29, 1.82) is 0 Å². The third-order valence-corrected chi connectivity index (χ3v) is 3.92. The van der Waals surface area contributed by atoms with Crippen molar-refractivity contribution in [2.45, 2.75) is 52.2 Å². The molecule has 0 fully saturated rings. The molecular formula is C20H26N2O2. The van der Waals surface area contributed by atoms with Crippen molar-refractivity contribution in [3.05, 3.63) is 65.0 Å². The third-order valence-electron chi connectivity index (χ3n) is 3.92. The van der Waals surface area contributed by atoms with E-state index >= 15 is 0 Å². The number of benzene rings is 1. The highest BCUT2D eigenvalue weighted by atomic mass is 16.3. The normalized spacial score (nSPS) is 12.7. The van der Waals surface area contributed by atoms with Gasteiger partial charge in [0.2, 0.25) is 0 Å². The van der Waals surface area contributed by atoms with Crippen LogP contribution in [0.4, 0.5) is 0 Å². The van der Waals surface area contributed by atoms with Crippen LogP contribution in [0, 0.1) is 6.92 Å². The second-order valence-corrected chi connectivity index (χ2v) is 6.91. The van der Waals surface area contributed by atoms with E-state index in [1.54, 1.807) is 19.9 Å². The zero-order valence-electron chi connectivity index (χ0n) is 14.8. The molecule has 4 heteroatoms. The van der Waals surface area contributed by atoms with Gasteiger partial charge < -0.3 is 10.4 Å². The van der Waals surface area contributed by atoms with E-state index in [1.807, 2.05) is 50.2 Å². The minimum atomic E-state index is -0.705. The molecule has 2 N–H and O–H groups in total. The molecule has 0 unspecified atom stereocenters. The van der Waals surface area contributed by atoms with Gasteiger partial charge in [-0.3, -0.25) is 9.78 Å². The molecule has 128 valence electrons. The Morgan fingerprint density at radius 1 is 1.25 bits per heavy atom. The smallest absolute Gasteiger partial charge is 0.251 e. The Bertz CT molecular complexity index is 705. The van der Waals surface area contributed by atoms with Crippen LogP contribution in [0.3, 0.4) is 0 Å². The largest absolute Gasteiger partial charge is 0.390 e. The average molecular weight is 326 g/mol. The third kappa shape index (κ3) is 5.46. The van der Waals surface area contributed by atoms with Crippen LogP contribution in [0.1, 0.15) is 60.5 Å². The molecule has 0 aliphatic heterocycles. The van der Waals surface area contributed by atoms with Gasteiger partial charge in [0.25, 0.3) is 5.91 Å². The van der Waals surface area contributed by atoms with Crippen molar-refractivity contribution < 1.29 is 9.90 Å². The SMILES string of the molecule is Cc1cccc([C@H](C)NC(=O)c2cccc(CCC(C)(C)O)c2)n1. The summed E-state index contributed by atoms with van der Waals surface area (Å²) in [6, 6.07) is 13.2. The maximum Gasteiger partial charge on any atom is 0.251 e. The van der Waals surface area contributed by atoms with E-state index in [9.17, 15) is 9.90 Å². The highest BCUT2D eigenvalue weighted by Gasteiger charge is 2.15. The van der Waals surface area contributed by atoms with Gasteiger partial charge in [-0.25, -0.2) is 0 Å². The number of amides is 1. The first-order valence-electron chi connectivity index (χ1n) is 8.30. The Balaban J connectivity index is 2.04. The quantitative estimate of drug-likeness (QED) is 0.853. The summed E-state index contributed by atoms with van der Waals surface area (Å²) < 4.78 is 0. The number of nitrogens with one attached hydrogen (secondary N) is 1. The highest BCUT2D eigenvalue weighted by Crippen LogP contribution is 2.16. The molecule has 0 aliphatic rings. The lowest BCUT2D eigenvalue weighted by Crippen LogP contribution is -2.27. The summed E-state index contributed by atoms with van der Waals surface area (Å²) in [6.45, 7) is 7.45. The van der Waals surface area contributed by atoms with E-state index in [1.165, 1.54) is 0 Å². The topological polar surface area (TPSA) is 62.2 Å². The van der Waals surface area contributed by atoms with Crippen LogP contribution < -0.4 is 5.32 Å². The second-order valence-electron chi connectivity index (χ2n) is 6.91. The maximum atomic E-state index is 12.5. The standard InChI is InChI=1S/C20H26N2O2/c1-14-7-5-10-18(21-14)15(2)22-19(23)17-9-6-8-16(13-17)11-12-20(3,4)24/h5-10,13,15,24H,11-12H2,1-4H3,(H,22,23)/t15-/m0/s1. The molecule has 1 aromatic heterocycles. The molecule has 2 rings (SSSR count). The summed E-state index contributed by atoms with van der Waals surface area (Å²) in [7, 11) is 0. The zero-order valence-corrected chi connectivity index (χ0v) is 14.8. The van der Waals surface area contributed by atoms with E-state index in [0.717, 1.165) is 23.4 Å². The Kier molecular flexibility index (Phi) is 5.73. The molecule has 0 bridgehead atoms. The number of aliphatic hydroxyl groups is 1. The van der Waals surface area contributed by atoms with Crippen LogP contribution in [0.15, 0.2) is 42.5 Å². The van der Waals surface area contributed by atoms with Crippen LogP contribution in [-0.2, 0) is 6.42 Å². The summed E-state index contributed by atoms with van der Waals surface area (Å²) >= 11 is 0. The van der Waals surface area contributed by atoms with E-state index < -0.39 is 5.60 Å². The summed E-state index contributed by atoms with van der Waals surface area (Å²) in [6.07, 6.45) is 1.39. The van der Waals surface area contributed by atoms with E-state index in [0.29, 0.717) is 12.0 Å². The molecule has 0 radical (unpaired) electrons. The van der Waals surface area contributed by atoms with E-state index in [4.69, 9.17) is 0 Å². The molecular weight excluding hydrogens is 300 g/mol. The molecule has 0 aliphatic carbocycles. The van der Waals surface area contributed by atoms with Gasteiger partial charge in [0.15, 0.2) is 0 Å². The number of hydrogen-bond donors (Lipinski definition) is 2. The summed E-state index contributed by atoms with van der Waals surface area (Å²) in [5.41, 5.74) is 2.75. The molecule has 4 nitrogen and oxygen atoms in total. The number of aryl methyl sites for hydroxylation is 2. The number of carbonyl (C=O) groups is 1. The predicted octanol–water partition coefficient (Wildman–Crippen LogP) is 3.58. The lowest BCUT2D eigenvalue weighted by atomic mass is 9.98. The number of nitrogens with zero attached hydrogens (tertiary/aromatic N) is 1. The van der Waals surface area contributed by atoms with Crippen LogP contribution in [0.25, 0.3) is 0 Å². The van der Waals surface area contributed by atoms with Gasteiger partial charge >= 0.3 is 0 Å². The Hall–Kier alpha value is -2.20. The number of hydrogen-bond acceptors (Lipinski definition) is 3. The summed E-state index contributed by atoms with van der Waals surface area (Å²) in [5, 5.41) is 12.8. The van der Waals surface area contributed by atoms with E-state index in [2.05, 4.69) is 10.3 Å².